The van der Waals surface area contributed by atoms with Gasteiger partial charge in [-0.1, -0.05) is 34.8 Å². The quantitative estimate of drug-likeness (QED) is 0.658. The molecule has 1 aliphatic carbocycles. The Bertz CT molecular complexity index is 812. The zero-order chi connectivity index (χ0) is 19.2. The molecule has 2 amide bonds. The number of aromatic nitrogens is 2. The Balaban J connectivity index is 1.48. The van der Waals surface area contributed by atoms with Gasteiger partial charge in [0.15, 0.2) is 0 Å². The molecule has 7 heteroatoms. The van der Waals surface area contributed by atoms with Crippen molar-refractivity contribution in [3.8, 4) is 5.69 Å². The fraction of sp³-hybridized carbons (Fsp3) is 0.450. The van der Waals surface area contributed by atoms with Crippen LogP contribution in [-0.4, -0.2) is 34.7 Å². The molecule has 0 atom stereocenters. The van der Waals surface area contributed by atoms with E-state index in [0.717, 1.165) is 28.7 Å². The lowest BCUT2D eigenvalue weighted by atomic mass is 10.0. The van der Waals surface area contributed by atoms with Crippen LogP contribution < -0.4 is 10.6 Å². The number of halogens is 1. The lowest BCUT2D eigenvalue weighted by Gasteiger charge is -2.10. The summed E-state index contributed by atoms with van der Waals surface area (Å²) in [7, 11) is 0. The molecule has 0 spiro atoms. The highest BCUT2D eigenvalue weighted by Crippen LogP contribution is 2.27. The number of hydrogen-bond acceptors (Lipinski definition) is 3. The standard InChI is InChI=1S/C20H25BrN4O2/c1-14-18(13-24-25(14)17-8-4-7-16(21)12-17)20(27)23-10-9-22-19(26)11-15-5-2-3-6-15/h4,7-8,12-13,15H,2-3,5-6,9-11H2,1H3,(H,22,26)(H,23,27). The van der Waals surface area contributed by atoms with Gasteiger partial charge in [-0.2, -0.15) is 5.10 Å². The zero-order valence-electron chi connectivity index (χ0n) is 15.5. The Labute approximate surface area is 167 Å². The fourth-order valence-electron chi connectivity index (χ4n) is 3.52. The molecule has 1 heterocycles. The number of nitrogens with one attached hydrogen (secondary N) is 2. The van der Waals surface area contributed by atoms with E-state index >= 15 is 0 Å². The number of amides is 2. The number of benzene rings is 1. The first-order valence-corrected chi connectivity index (χ1v) is 10.2. The van der Waals surface area contributed by atoms with Crippen LogP contribution >= 0.6 is 15.9 Å². The molecule has 6 nitrogen and oxygen atoms in total. The van der Waals surface area contributed by atoms with Crippen LogP contribution in [0.4, 0.5) is 0 Å². The molecule has 0 radical (unpaired) electrons. The summed E-state index contributed by atoms with van der Waals surface area (Å²) in [5.41, 5.74) is 2.20. The van der Waals surface area contributed by atoms with E-state index < -0.39 is 0 Å². The van der Waals surface area contributed by atoms with Gasteiger partial charge in [0.2, 0.25) is 5.91 Å². The minimum Gasteiger partial charge on any atom is -0.354 e. The minimum absolute atomic E-state index is 0.0785. The van der Waals surface area contributed by atoms with E-state index in [2.05, 4.69) is 31.7 Å². The first kappa shape index (κ1) is 19.6. The summed E-state index contributed by atoms with van der Waals surface area (Å²) in [6.45, 7) is 2.71. The first-order valence-electron chi connectivity index (χ1n) is 9.40. The minimum atomic E-state index is -0.182. The normalized spacial score (nSPS) is 14.3. The van der Waals surface area contributed by atoms with E-state index in [-0.39, 0.29) is 11.8 Å². The van der Waals surface area contributed by atoms with Crippen molar-refractivity contribution in [1.29, 1.82) is 0 Å². The summed E-state index contributed by atoms with van der Waals surface area (Å²) < 4.78 is 2.69. The van der Waals surface area contributed by atoms with Crippen LogP contribution in [0.3, 0.4) is 0 Å². The number of carbonyl (C=O) groups is 2. The highest BCUT2D eigenvalue weighted by molar-refractivity contribution is 9.10. The van der Waals surface area contributed by atoms with Crippen molar-refractivity contribution in [1.82, 2.24) is 20.4 Å². The molecule has 0 aliphatic heterocycles. The molecule has 144 valence electrons. The third kappa shape index (κ3) is 5.19. The van der Waals surface area contributed by atoms with Gasteiger partial charge >= 0.3 is 0 Å². The smallest absolute Gasteiger partial charge is 0.254 e. The maximum Gasteiger partial charge on any atom is 0.254 e. The van der Waals surface area contributed by atoms with E-state index in [1.807, 2.05) is 31.2 Å². The van der Waals surface area contributed by atoms with Gasteiger partial charge in [0.1, 0.15) is 0 Å². The summed E-state index contributed by atoms with van der Waals surface area (Å²) in [4.78, 5) is 24.3. The largest absolute Gasteiger partial charge is 0.354 e. The summed E-state index contributed by atoms with van der Waals surface area (Å²) in [5, 5.41) is 10.1. The van der Waals surface area contributed by atoms with Crippen LogP contribution in [-0.2, 0) is 4.79 Å². The Hall–Kier alpha value is -2.15. The number of rotatable bonds is 7. The molecule has 1 fully saturated rings. The highest BCUT2D eigenvalue weighted by atomic mass is 79.9. The lowest BCUT2D eigenvalue weighted by Crippen LogP contribution is -2.35. The van der Waals surface area contributed by atoms with Crippen molar-refractivity contribution in [3.05, 3.63) is 46.2 Å². The Kier molecular flexibility index (Phi) is 6.66. The summed E-state index contributed by atoms with van der Waals surface area (Å²) >= 11 is 3.45. The summed E-state index contributed by atoms with van der Waals surface area (Å²) in [6.07, 6.45) is 6.97. The van der Waals surface area contributed by atoms with Gasteiger partial charge in [-0.05, 0) is 43.9 Å². The molecule has 0 saturated heterocycles. The lowest BCUT2D eigenvalue weighted by molar-refractivity contribution is -0.121. The molecular formula is C20H25BrN4O2. The number of nitrogens with zero attached hydrogens (tertiary/aromatic N) is 2. The predicted octanol–water partition coefficient (Wildman–Crippen LogP) is 3.37. The van der Waals surface area contributed by atoms with Crippen LogP contribution in [0.25, 0.3) is 5.69 Å². The van der Waals surface area contributed by atoms with E-state index in [1.54, 1.807) is 10.9 Å². The molecule has 2 N–H and O–H groups in total. The van der Waals surface area contributed by atoms with Gasteiger partial charge in [0.25, 0.3) is 5.91 Å². The number of carbonyl (C=O) groups excluding carboxylic acids is 2. The van der Waals surface area contributed by atoms with Crippen molar-refractivity contribution >= 4 is 27.7 Å². The molecule has 1 aromatic carbocycles. The van der Waals surface area contributed by atoms with Crippen LogP contribution in [0.15, 0.2) is 34.9 Å². The zero-order valence-corrected chi connectivity index (χ0v) is 17.1. The average Bonchev–Trinajstić information content (AvgIpc) is 3.28. The van der Waals surface area contributed by atoms with Crippen molar-refractivity contribution < 1.29 is 9.59 Å². The van der Waals surface area contributed by atoms with E-state index in [1.165, 1.54) is 12.8 Å². The second-order valence-electron chi connectivity index (χ2n) is 7.00. The van der Waals surface area contributed by atoms with Crippen LogP contribution in [0, 0.1) is 12.8 Å². The van der Waals surface area contributed by atoms with Crippen LogP contribution in [0.1, 0.15) is 48.2 Å². The van der Waals surface area contributed by atoms with Crippen molar-refractivity contribution in [2.45, 2.75) is 39.0 Å². The van der Waals surface area contributed by atoms with Gasteiger partial charge < -0.3 is 10.6 Å². The summed E-state index contributed by atoms with van der Waals surface area (Å²) in [6, 6.07) is 7.75. The molecule has 3 rings (SSSR count). The SMILES string of the molecule is Cc1c(C(=O)NCCNC(=O)CC2CCCC2)cnn1-c1cccc(Br)c1. The Morgan fingerprint density at radius 3 is 2.70 bits per heavy atom. The maximum atomic E-state index is 12.4. The fourth-order valence-corrected chi connectivity index (χ4v) is 3.91. The monoisotopic (exact) mass is 432 g/mol. The predicted molar refractivity (Wildman–Crippen MR) is 108 cm³/mol. The first-order chi connectivity index (χ1) is 13.0. The van der Waals surface area contributed by atoms with Crippen molar-refractivity contribution in [2.24, 2.45) is 5.92 Å². The topological polar surface area (TPSA) is 76.0 Å². The van der Waals surface area contributed by atoms with Crippen molar-refractivity contribution in [2.75, 3.05) is 13.1 Å². The van der Waals surface area contributed by atoms with Gasteiger partial charge in [-0.25, -0.2) is 4.68 Å². The van der Waals surface area contributed by atoms with Crippen molar-refractivity contribution in [3.63, 3.8) is 0 Å². The number of hydrogen-bond donors (Lipinski definition) is 2. The molecule has 0 bridgehead atoms. The second kappa shape index (κ2) is 9.17. The second-order valence-corrected chi connectivity index (χ2v) is 7.91. The van der Waals surface area contributed by atoms with Gasteiger partial charge in [-0.15, -0.1) is 0 Å². The van der Waals surface area contributed by atoms with Gasteiger partial charge in [0.05, 0.1) is 23.1 Å². The summed E-state index contributed by atoms with van der Waals surface area (Å²) in [5.74, 6) is 0.430. The Morgan fingerprint density at radius 1 is 1.22 bits per heavy atom. The highest BCUT2D eigenvalue weighted by Gasteiger charge is 2.18. The molecule has 0 unspecified atom stereocenters. The molecular weight excluding hydrogens is 408 g/mol. The average molecular weight is 433 g/mol. The third-order valence-corrected chi connectivity index (χ3v) is 5.48. The molecule has 2 aromatic rings. The Morgan fingerprint density at radius 2 is 1.96 bits per heavy atom. The van der Waals surface area contributed by atoms with Crippen LogP contribution in [0.5, 0.6) is 0 Å². The van der Waals surface area contributed by atoms with E-state index in [9.17, 15) is 9.59 Å². The van der Waals surface area contributed by atoms with Gasteiger partial charge in [0, 0.05) is 24.0 Å². The molecule has 1 saturated carbocycles. The van der Waals surface area contributed by atoms with E-state index in [4.69, 9.17) is 0 Å². The van der Waals surface area contributed by atoms with Crippen LogP contribution in [0.2, 0.25) is 0 Å². The molecule has 1 aliphatic rings. The molecule has 1 aromatic heterocycles. The molecule has 27 heavy (non-hydrogen) atoms. The van der Waals surface area contributed by atoms with E-state index in [0.29, 0.717) is 31.0 Å². The third-order valence-electron chi connectivity index (χ3n) is 4.99. The maximum absolute atomic E-state index is 12.4. The van der Waals surface area contributed by atoms with Gasteiger partial charge in [-0.3, -0.25) is 9.59 Å².